The van der Waals surface area contributed by atoms with Crippen LogP contribution in [0.1, 0.15) is 29.2 Å². The minimum absolute atomic E-state index is 0.966. The maximum Gasteiger partial charge on any atom is 0.0491 e. The SMILES string of the molecule is CCn1c2ccccc2c2cc(/C=C/c3ccc(-c4ccc(/C=C/c5ccc6[nH]c7ccccc7c6c5)cc4)cc3)ccc21. The van der Waals surface area contributed by atoms with Crippen LogP contribution in [-0.2, 0) is 6.54 Å². The normalized spacial score (nSPS) is 12.1. The van der Waals surface area contributed by atoms with E-state index in [-0.39, 0.29) is 0 Å². The highest BCUT2D eigenvalue weighted by atomic mass is 15.0. The van der Waals surface area contributed by atoms with Crippen LogP contribution in [0.4, 0.5) is 0 Å². The molecule has 2 aromatic heterocycles. The number of fused-ring (bicyclic) bond motifs is 6. The number of aromatic amines is 1. The van der Waals surface area contributed by atoms with E-state index in [2.05, 4.69) is 174 Å². The largest absolute Gasteiger partial charge is 0.355 e. The van der Waals surface area contributed by atoms with Crippen LogP contribution in [0.25, 0.3) is 79.0 Å². The van der Waals surface area contributed by atoms with E-state index >= 15 is 0 Å². The number of rotatable bonds is 6. The van der Waals surface area contributed by atoms with Crippen LogP contribution in [0.3, 0.4) is 0 Å². The van der Waals surface area contributed by atoms with Gasteiger partial charge >= 0.3 is 0 Å². The van der Waals surface area contributed by atoms with Gasteiger partial charge in [0.1, 0.15) is 0 Å². The summed E-state index contributed by atoms with van der Waals surface area (Å²) in [5.41, 5.74) is 12.2. The summed E-state index contributed by atoms with van der Waals surface area (Å²) in [6.07, 6.45) is 8.79. The molecule has 8 aromatic rings. The van der Waals surface area contributed by atoms with E-state index in [4.69, 9.17) is 0 Å². The molecule has 0 fully saturated rings. The Bertz CT molecular complexity index is 2340. The van der Waals surface area contributed by atoms with Crippen LogP contribution in [0.2, 0.25) is 0 Å². The molecule has 0 amide bonds. The van der Waals surface area contributed by atoms with Gasteiger partial charge in [-0.15, -0.1) is 0 Å². The number of aromatic nitrogens is 2. The summed E-state index contributed by atoms with van der Waals surface area (Å²) in [4.78, 5) is 3.50. The van der Waals surface area contributed by atoms with Gasteiger partial charge in [-0.2, -0.15) is 0 Å². The molecule has 0 aliphatic carbocycles. The maximum atomic E-state index is 3.50. The number of benzene rings is 6. The molecule has 0 radical (unpaired) electrons. The third-order valence-electron chi connectivity index (χ3n) is 8.73. The van der Waals surface area contributed by atoms with E-state index in [1.807, 2.05) is 0 Å². The first-order chi connectivity index (χ1) is 21.7. The fourth-order valence-electron chi connectivity index (χ4n) is 6.44. The molecule has 2 nitrogen and oxygen atoms in total. The fourth-order valence-corrected chi connectivity index (χ4v) is 6.44. The molecule has 0 spiro atoms. The molecule has 8 rings (SSSR count). The van der Waals surface area contributed by atoms with E-state index in [1.165, 1.54) is 77.0 Å². The monoisotopic (exact) mass is 564 g/mol. The van der Waals surface area contributed by atoms with Crippen LogP contribution in [-0.4, -0.2) is 9.55 Å². The van der Waals surface area contributed by atoms with Crippen molar-refractivity contribution in [2.45, 2.75) is 13.5 Å². The lowest BCUT2D eigenvalue weighted by Gasteiger charge is -2.04. The van der Waals surface area contributed by atoms with Crippen molar-refractivity contribution in [3.05, 3.63) is 156 Å². The van der Waals surface area contributed by atoms with Crippen molar-refractivity contribution in [2.24, 2.45) is 0 Å². The zero-order valence-electron chi connectivity index (χ0n) is 24.7. The lowest BCUT2D eigenvalue weighted by molar-refractivity contribution is 0.827. The molecule has 0 saturated carbocycles. The number of nitrogens with zero attached hydrogens (tertiary/aromatic N) is 1. The van der Waals surface area contributed by atoms with Crippen molar-refractivity contribution in [2.75, 3.05) is 0 Å². The first-order valence-corrected chi connectivity index (χ1v) is 15.3. The molecule has 0 saturated heterocycles. The molecule has 6 aromatic carbocycles. The minimum atomic E-state index is 0.966. The average Bonchev–Trinajstić information content (AvgIpc) is 3.61. The van der Waals surface area contributed by atoms with E-state index in [0.717, 1.165) is 6.54 Å². The molecule has 44 heavy (non-hydrogen) atoms. The summed E-state index contributed by atoms with van der Waals surface area (Å²) in [5.74, 6) is 0. The summed E-state index contributed by atoms with van der Waals surface area (Å²) in [5, 5.41) is 5.16. The van der Waals surface area contributed by atoms with Gasteiger partial charge in [0.15, 0.2) is 0 Å². The van der Waals surface area contributed by atoms with E-state index in [9.17, 15) is 0 Å². The van der Waals surface area contributed by atoms with Gasteiger partial charge in [-0.05, 0) is 76.7 Å². The molecule has 0 aliphatic rings. The number of H-pyrrole nitrogens is 1. The molecule has 0 aliphatic heterocycles. The second kappa shape index (κ2) is 10.9. The molecular formula is C42H32N2. The minimum Gasteiger partial charge on any atom is -0.355 e. The Kier molecular flexibility index (Phi) is 6.46. The summed E-state index contributed by atoms with van der Waals surface area (Å²) in [6.45, 7) is 3.18. The lowest BCUT2D eigenvalue weighted by atomic mass is 10.0. The van der Waals surface area contributed by atoms with E-state index in [0.29, 0.717) is 0 Å². The van der Waals surface area contributed by atoms with Gasteiger partial charge in [-0.3, -0.25) is 0 Å². The van der Waals surface area contributed by atoms with Crippen molar-refractivity contribution < 1.29 is 0 Å². The predicted molar refractivity (Wildman–Crippen MR) is 191 cm³/mol. The van der Waals surface area contributed by atoms with Crippen molar-refractivity contribution in [1.29, 1.82) is 0 Å². The van der Waals surface area contributed by atoms with Gasteiger partial charge < -0.3 is 9.55 Å². The van der Waals surface area contributed by atoms with Crippen molar-refractivity contribution >= 4 is 67.9 Å². The molecule has 0 bridgehead atoms. The van der Waals surface area contributed by atoms with Gasteiger partial charge in [0, 0.05) is 50.2 Å². The first kappa shape index (κ1) is 26.1. The zero-order valence-corrected chi connectivity index (χ0v) is 24.7. The number of nitrogens with one attached hydrogen (secondary N) is 1. The van der Waals surface area contributed by atoms with Crippen molar-refractivity contribution in [3.8, 4) is 11.1 Å². The number of aryl methyl sites for hydroxylation is 1. The Morgan fingerprint density at radius 1 is 0.455 bits per heavy atom. The van der Waals surface area contributed by atoms with Crippen LogP contribution >= 0.6 is 0 Å². The van der Waals surface area contributed by atoms with E-state index < -0.39 is 0 Å². The Morgan fingerprint density at radius 3 is 1.64 bits per heavy atom. The Balaban J connectivity index is 0.976. The zero-order chi connectivity index (χ0) is 29.5. The Morgan fingerprint density at radius 2 is 0.955 bits per heavy atom. The highest BCUT2D eigenvalue weighted by molar-refractivity contribution is 6.09. The molecular weight excluding hydrogens is 532 g/mol. The maximum absolute atomic E-state index is 3.50. The van der Waals surface area contributed by atoms with Gasteiger partial charge in [-0.1, -0.05) is 121 Å². The summed E-state index contributed by atoms with van der Waals surface area (Å²) in [6, 6.07) is 48.1. The highest BCUT2D eigenvalue weighted by Gasteiger charge is 2.09. The lowest BCUT2D eigenvalue weighted by Crippen LogP contribution is -1.92. The Labute approximate surface area is 257 Å². The van der Waals surface area contributed by atoms with Crippen LogP contribution in [0.15, 0.2) is 133 Å². The Hall–Kier alpha value is -5.60. The molecule has 2 heterocycles. The molecule has 210 valence electrons. The van der Waals surface area contributed by atoms with Gasteiger partial charge in [0.25, 0.3) is 0 Å². The quantitative estimate of drug-likeness (QED) is 0.194. The molecule has 0 unspecified atom stereocenters. The number of hydrogen-bond acceptors (Lipinski definition) is 0. The molecule has 1 N–H and O–H groups in total. The predicted octanol–water partition coefficient (Wildman–Crippen LogP) is 11.5. The fraction of sp³-hybridized carbons (Fsp3) is 0.0476. The van der Waals surface area contributed by atoms with Crippen LogP contribution < -0.4 is 0 Å². The summed E-state index contributed by atoms with van der Waals surface area (Å²) >= 11 is 0. The van der Waals surface area contributed by atoms with Gasteiger partial charge in [0.05, 0.1) is 0 Å². The smallest absolute Gasteiger partial charge is 0.0491 e. The first-order valence-electron chi connectivity index (χ1n) is 15.3. The second-order valence-corrected chi connectivity index (χ2v) is 11.4. The molecule has 2 heteroatoms. The molecule has 0 atom stereocenters. The van der Waals surface area contributed by atoms with Crippen molar-refractivity contribution in [3.63, 3.8) is 0 Å². The third kappa shape index (κ3) is 4.71. The van der Waals surface area contributed by atoms with E-state index in [1.54, 1.807) is 0 Å². The topological polar surface area (TPSA) is 20.7 Å². The van der Waals surface area contributed by atoms with Gasteiger partial charge in [-0.25, -0.2) is 0 Å². The van der Waals surface area contributed by atoms with Crippen molar-refractivity contribution in [1.82, 2.24) is 9.55 Å². The number of hydrogen-bond donors (Lipinski definition) is 1. The number of para-hydroxylation sites is 2. The van der Waals surface area contributed by atoms with Crippen LogP contribution in [0.5, 0.6) is 0 Å². The third-order valence-corrected chi connectivity index (χ3v) is 8.73. The van der Waals surface area contributed by atoms with Gasteiger partial charge in [0.2, 0.25) is 0 Å². The average molecular weight is 565 g/mol. The summed E-state index contributed by atoms with van der Waals surface area (Å²) < 4.78 is 2.39. The second-order valence-electron chi connectivity index (χ2n) is 11.4. The summed E-state index contributed by atoms with van der Waals surface area (Å²) in [7, 11) is 0. The standard InChI is InChI=1S/C42H32N2/c1-2-44-41-10-6-4-8-36(41)38-28-32(20-26-42(38)44)14-12-30-17-23-34(24-18-30)33-21-15-29(16-22-33)11-13-31-19-25-40-37(27-31)35-7-3-5-9-39(35)43-40/h3-28,43H,2H2,1H3/b13-11+,14-12+. The highest BCUT2D eigenvalue weighted by Crippen LogP contribution is 2.31. The van der Waals surface area contributed by atoms with Crippen LogP contribution in [0, 0.1) is 0 Å².